The number of nitrogens with one attached hydrogen (secondary N) is 1. The van der Waals surface area contributed by atoms with Crippen LogP contribution in [0.15, 0.2) is 53.3 Å². The number of fused-ring (bicyclic) bond motifs is 2. The van der Waals surface area contributed by atoms with Crippen LogP contribution in [0.5, 0.6) is 11.5 Å². The van der Waals surface area contributed by atoms with Crippen LogP contribution in [0.1, 0.15) is 24.0 Å². The molecule has 0 spiro atoms. The zero-order valence-electron chi connectivity index (χ0n) is 18.7. The second-order valence-corrected chi connectivity index (χ2v) is 8.81. The Bertz CT molecular complexity index is 1150. The number of rotatable bonds is 6. The van der Waals surface area contributed by atoms with Gasteiger partial charge in [-0.25, -0.2) is 0 Å². The number of aromatic nitrogens is 1. The van der Waals surface area contributed by atoms with E-state index in [2.05, 4.69) is 34.5 Å². The molecule has 0 atom stereocenters. The molecule has 1 fully saturated rings. The number of pyridine rings is 1. The largest absolute Gasteiger partial charge is 0.486 e. The molecule has 0 saturated carbocycles. The molecule has 0 radical (unpaired) electrons. The van der Waals surface area contributed by atoms with Gasteiger partial charge in [-0.1, -0.05) is 24.3 Å². The minimum atomic E-state index is 0.0946. The molecular weight excluding hydrogens is 402 g/mol. The first kappa shape index (κ1) is 21.0. The Morgan fingerprint density at radius 1 is 0.969 bits per heavy atom. The van der Waals surface area contributed by atoms with Crippen molar-refractivity contribution in [1.82, 2.24) is 14.8 Å². The van der Waals surface area contributed by atoms with Crippen molar-refractivity contribution in [3.05, 3.63) is 70.0 Å². The summed E-state index contributed by atoms with van der Waals surface area (Å²) >= 11 is 0. The van der Waals surface area contributed by atoms with E-state index < -0.39 is 0 Å². The third-order valence-electron chi connectivity index (χ3n) is 6.65. The summed E-state index contributed by atoms with van der Waals surface area (Å²) in [6, 6.07) is 16.7. The Labute approximate surface area is 188 Å². The highest BCUT2D eigenvalue weighted by Gasteiger charge is 2.19. The van der Waals surface area contributed by atoms with Crippen molar-refractivity contribution < 1.29 is 9.47 Å². The summed E-state index contributed by atoms with van der Waals surface area (Å²) < 4.78 is 13.2. The average Bonchev–Trinajstić information content (AvgIpc) is 2.83. The standard InChI is InChI=1S/C26H31N3O3/c1-19-16-26(30)29(23-5-3-2-4-22(19)23)13-12-28-10-8-21(9-11-28)27-18-20-6-7-24-25(17-20)32-15-14-31-24/h2-7,16-17,21,27H,8-15,18H2,1H3. The monoisotopic (exact) mass is 433 g/mol. The number of piperidine rings is 1. The van der Waals surface area contributed by atoms with Gasteiger partial charge in [0.25, 0.3) is 5.56 Å². The number of hydrogen-bond acceptors (Lipinski definition) is 5. The number of aryl methyl sites for hydroxylation is 1. The molecule has 6 nitrogen and oxygen atoms in total. The second kappa shape index (κ2) is 9.35. The molecule has 168 valence electrons. The van der Waals surface area contributed by atoms with Gasteiger partial charge < -0.3 is 24.3 Å². The maximum atomic E-state index is 12.6. The van der Waals surface area contributed by atoms with Gasteiger partial charge in [0.1, 0.15) is 13.2 Å². The van der Waals surface area contributed by atoms with Crippen molar-refractivity contribution in [3.8, 4) is 11.5 Å². The van der Waals surface area contributed by atoms with Gasteiger partial charge in [-0.15, -0.1) is 0 Å². The quantitative estimate of drug-likeness (QED) is 0.646. The molecule has 2 aliphatic rings. The lowest BCUT2D eigenvalue weighted by Crippen LogP contribution is -2.43. The van der Waals surface area contributed by atoms with E-state index in [4.69, 9.17) is 9.47 Å². The Kier molecular flexibility index (Phi) is 6.14. The molecule has 0 amide bonds. The number of ether oxygens (including phenoxy) is 2. The van der Waals surface area contributed by atoms with Crippen LogP contribution in [0, 0.1) is 6.92 Å². The van der Waals surface area contributed by atoms with Crippen molar-refractivity contribution in [3.63, 3.8) is 0 Å². The number of hydrogen-bond donors (Lipinski definition) is 1. The summed E-state index contributed by atoms with van der Waals surface area (Å²) in [4.78, 5) is 15.1. The van der Waals surface area contributed by atoms with Crippen LogP contribution >= 0.6 is 0 Å². The van der Waals surface area contributed by atoms with E-state index in [0.717, 1.165) is 73.5 Å². The highest BCUT2D eigenvalue weighted by atomic mass is 16.6. The number of likely N-dealkylation sites (tertiary alicyclic amines) is 1. The first-order chi connectivity index (χ1) is 15.7. The van der Waals surface area contributed by atoms with Crippen molar-refractivity contribution in [2.45, 2.75) is 38.9 Å². The minimum absolute atomic E-state index is 0.0946. The normalized spacial score (nSPS) is 17.0. The Balaban J connectivity index is 1.13. The lowest BCUT2D eigenvalue weighted by Gasteiger charge is -2.32. The van der Waals surface area contributed by atoms with Gasteiger partial charge >= 0.3 is 0 Å². The fraction of sp³-hybridized carbons (Fsp3) is 0.423. The van der Waals surface area contributed by atoms with E-state index in [1.807, 2.05) is 29.7 Å². The first-order valence-electron chi connectivity index (χ1n) is 11.6. The number of benzene rings is 2. The Hall–Kier alpha value is -2.83. The topological polar surface area (TPSA) is 55.7 Å². The summed E-state index contributed by atoms with van der Waals surface area (Å²) in [7, 11) is 0. The predicted octanol–water partition coefficient (Wildman–Crippen LogP) is 3.34. The summed E-state index contributed by atoms with van der Waals surface area (Å²) in [5.41, 5.74) is 3.40. The van der Waals surface area contributed by atoms with Crippen molar-refractivity contribution in [1.29, 1.82) is 0 Å². The predicted molar refractivity (Wildman–Crippen MR) is 127 cm³/mol. The van der Waals surface area contributed by atoms with Gasteiger partial charge in [0.05, 0.1) is 5.52 Å². The molecule has 1 aromatic heterocycles. The smallest absolute Gasteiger partial charge is 0.251 e. The van der Waals surface area contributed by atoms with Gasteiger partial charge in [0.2, 0.25) is 0 Å². The number of para-hydroxylation sites is 1. The summed E-state index contributed by atoms with van der Waals surface area (Å²) in [5, 5.41) is 4.86. The first-order valence-corrected chi connectivity index (χ1v) is 11.6. The van der Waals surface area contributed by atoms with Crippen LogP contribution in [-0.4, -0.2) is 48.4 Å². The molecule has 1 N–H and O–H groups in total. The molecular formula is C26H31N3O3. The van der Waals surface area contributed by atoms with Crippen LogP contribution < -0.4 is 20.3 Å². The molecule has 2 aromatic carbocycles. The van der Waals surface area contributed by atoms with E-state index >= 15 is 0 Å². The van der Waals surface area contributed by atoms with E-state index in [1.54, 1.807) is 6.07 Å². The minimum Gasteiger partial charge on any atom is -0.486 e. The third kappa shape index (κ3) is 4.52. The highest BCUT2D eigenvalue weighted by molar-refractivity contribution is 5.82. The zero-order valence-corrected chi connectivity index (χ0v) is 18.7. The molecule has 1 saturated heterocycles. The fourth-order valence-corrected chi connectivity index (χ4v) is 4.79. The molecule has 3 heterocycles. The number of nitrogens with zero attached hydrogens (tertiary/aromatic N) is 2. The SMILES string of the molecule is Cc1cc(=O)n(CCN2CCC(NCc3ccc4c(c3)OCCO4)CC2)c2ccccc12. The zero-order chi connectivity index (χ0) is 21.9. The summed E-state index contributed by atoms with van der Waals surface area (Å²) in [5.74, 6) is 1.69. The van der Waals surface area contributed by atoms with Gasteiger partial charge in [0, 0.05) is 37.1 Å². The second-order valence-electron chi connectivity index (χ2n) is 8.81. The van der Waals surface area contributed by atoms with Crippen molar-refractivity contribution in [2.75, 3.05) is 32.8 Å². The van der Waals surface area contributed by atoms with Crippen molar-refractivity contribution in [2.24, 2.45) is 0 Å². The molecule has 32 heavy (non-hydrogen) atoms. The van der Waals surface area contributed by atoms with Crippen LogP contribution in [-0.2, 0) is 13.1 Å². The van der Waals surface area contributed by atoms with Crippen LogP contribution in [0.3, 0.4) is 0 Å². The lowest BCUT2D eigenvalue weighted by molar-refractivity contribution is 0.171. The molecule has 5 rings (SSSR count). The van der Waals surface area contributed by atoms with E-state index in [-0.39, 0.29) is 5.56 Å². The fourth-order valence-electron chi connectivity index (χ4n) is 4.79. The lowest BCUT2D eigenvalue weighted by atomic mass is 10.0. The van der Waals surface area contributed by atoms with E-state index in [0.29, 0.717) is 19.3 Å². The van der Waals surface area contributed by atoms with Crippen LogP contribution in [0.25, 0.3) is 10.9 Å². The molecule has 0 bridgehead atoms. The highest BCUT2D eigenvalue weighted by Crippen LogP contribution is 2.30. The summed E-state index contributed by atoms with van der Waals surface area (Å²) in [6.07, 6.45) is 2.24. The molecule has 0 aliphatic carbocycles. The third-order valence-corrected chi connectivity index (χ3v) is 6.65. The Morgan fingerprint density at radius 3 is 2.59 bits per heavy atom. The van der Waals surface area contributed by atoms with E-state index in [1.165, 1.54) is 5.56 Å². The maximum Gasteiger partial charge on any atom is 0.251 e. The average molecular weight is 434 g/mol. The maximum absolute atomic E-state index is 12.6. The van der Waals surface area contributed by atoms with Crippen LogP contribution in [0.4, 0.5) is 0 Å². The van der Waals surface area contributed by atoms with Gasteiger partial charge in [-0.2, -0.15) is 0 Å². The van der Waals surface area contributed by atoms with Gasteiger partial charge in [-0.3, -0.25) is 4.79 Å². The molecule has 0 unspecified atom stereocenters. The van der Waals surface area contributed by atoms with Gasteiger partial charge in [0.15, 0.2) is 11.5 Å². The molecule has 3 aromatic rings. The van der Waals surface area contributed by atoms with Gasteiger partial charge in [-0.05, 0) is 62.2 Å². The van der Waals surface area contributed by atoms with Crippen LogP contribution in [0.2, 0.25) is 0 Å². The molecule has 6 heteroatoms. The Morgan fingerprint density at radius 2 is 1.75 bits per heavy atom. The van der Waals surface area contributed by atoms with Crippen molar-refractivity contribution >= 4 is 10.9 Å². The van der Waals surface area contributed by atoms with E-state index in [9.17, 15) is 4.79 Å². The molecule has 2 aliphatic heterocycles. The summed E-state index contributed by atoms with van der Waals surface area (Å²) in [6.45, 7) is 7.83.